The van der Waals surface area contributed by atoms with Gasteiger partial charge in [0.1, 0.15) is 0 Å². The fourth-order valence-electron chi connectivity index (χ4n) is 4.15. The summed E-state index contributed by atoms with van der Waals surface area (Å²) in [6.45, 7) is 1.39. The van der Waals surface area contributed by atoms with Crippen molar-refractivity contribution in [2.24, 2.45) is 11.0 Å². The summed E-state index contributed by atoms with van der Waals surface area (Å²) >= 11 is 0. The van der Waals surface area contributed by atoms with Gasteiger partial charge in [0.2, 0.25) is 0 Å². The first-order valence-electron chi connectivity index (χ1n) is 10.9. The highest BCUT2D eigenvalue weighted by atomic mass is 32.2. The van der Waals surface area contributed by atoms with E-state index >= 15 is 0 Å². The van der Waals surface area contributed by atoms with Crippen molar-refractivity contribution < 1.29 is 18.9 Å². The quantitative estimate of drug-likeness (QED) is 0.656. The second-order valence-corrected chi connectivity index (χ2v) is 10.0. The molecule has 1 saturated heterocycles. The van der Waals surface area contributed by atoms with Crippen LogP contribution in [0.1, 0.15) is 39.9 Å². The highest BCUT2D eigenvalue weighted by Gasteiger charge is 2.21. The predicted molar refractivity (Wildman–Crippen MR) is 126 cm³/mol. The summed E-state index contributed by atoms with van der Waals surface area (Å²) in [6.07, 6.45) is 4.43. The zero-order valence-electron chi connectivity index (χ0n) is 17.8. The number of anilines is 1. The summed E-state index contributed by atoms with van der Waals surface area (Å²) in [6, 6.07) is 13.1. The summed E-state index contributed by atoms with van der Waals surface area (Å²) in [4.78, 5) is 23.7. The number of aryl methyl sites for hydroxylation is 1. The van der Waals surface area contributed by atoms with E-state index in [2.05, 4.69) is 10.4 Å². The van der Waals surface area contributed by atoms with E-state index in [-0.39, 0.29) is 18.2 Å². The summed E-state index contributed by atoms with van der Waals surface area (Å²) in [5, 5.41) is 18.4. The molecule has 1 fully saturated rings. The van der Waals surface area contributed by atoms with Crippen LogP contribution >= 0.6 is 0 Å². The zero-order chi connectivity index (χ0) is 22.5. The van der Waals surface area contributed by atoms with Crippen LogP contribution in [0.15, 0.2) is 47.6 Å². The van der Waals surface area contributed by atoms with Crippen LogP contribution in [0.2, 0.25) is 0 Å². The summed E-state index contributed by atoms with van der Waals surface area (Å²) in [5.74, 6) is 0.500. The lowest BCUT2D eigenvalue weighted by Gasteiger charge is -2.24. The molecule has 2 aromatic rings. The molecule has 0 radical (unpaired) electrons. The van der Waals surface area contributed by atoms with E-state index < -0.39 is 16.8 Å². The van der Waals surface area contributed by atoms with Gasteiger partial charge in [0.25, 0.3) is 5.91 Å². The van der Waals surface area contributed by atoms with Crippen molar-refractivity contribution in [2.75, 3.05) is 29.9 Å². The number of carbonyl (C=O) groups excluding carboxylic acids is 1. The van der Waals surface area contributed by atoms with Crippen molar-refractivity contribution in [3.05, 3.63) is 64.7 Å². The second kappa shape index (κ2) is 10.1. The minimum absolute atomic E-state index is 0.146. The fraction of sp³-hybridized carbons (Fsp3) is 0.375. The monoisotopic (exact) mass is 453 g/mol. The van der Waals surface area contributed by atoms with Gasteiger partial charge in [0.15, 0.2) is 0 Å². The molecule has 7 nitrogen and oxygen atoms in total. The van der Waals surface area contributed by atoms with E-state index in [9.17, 15) is 13.8 Å². The van der Waals surface area contributed by atoms with Crippen molar-refractivity contribution in [2.45, 2.75) is 25.7 Å². The molecule has 2 aliphatic rings. The number of aliphatic carboxylic acids is 1. The molecular weight excluding hydrogens is 426 g/mol. The molecule has 0 saturated carbocycles. The molecule has 1 heterocycles. The van der Waals surface area contributed by atoms with E-state index in [4.69, 9.17) is 5.11 Å². The number of nitrogens with one attached hydrogen (secondary N) is 1. The Hall–Kier alpha value is -3.00. The van der Waals surface area contributed by atoms with Crippen molar-refractivity contribution in [1.82, 2.24) is 5.01 Å². The highest BCUT2D eigenvalue weighted by molar-refractivity contribution is 7.85. The number of amides is 1. The summed E-state index contributed by atoms with van der Waals surface area (Å²) in [5.41, 5.74) is 4.52. The summed E-state index contributed by atoms with van der Waals surface area (Å²) < 4.78 is 11.4. The topological polar surface area (TPSA) is 99.1 Å². The van der Waals surface area contributed by atoms with Gasteiger partial charge in [-0.05, 0) is 66.1 Å². The number of rotatable bonds is 6. The molecule has 1 amide bonds. The Morgan fingerprint density at radius 2 is 1.88 bits per heavy atom. The molecule has 1 aliphatic heterocycles. The molecule has 168 valence electrons. The molecule has 1 aliphatic carbocycles. The lowest BCUT2D eigenvalue weighted by atomic mass is 9.82. The lowest BCUT2D eigenvalue weighted by molar-refractivity contribution is -0.138. The number of carbonyl (C=O) groups is 2. The molecule has 32 heavy (non-hydrogen) atoms. The highest BCUT2D eigenvalue weighted by Crippen LogP contribution is 2.29. The standard InChI is InChI=1S/C24H27N3O4S/c28-23(29)14-18-3-4-19-7-8-22(15-21(19)13-18)26-24(30)20-5-1-17(2-6-20)16-25-27-9-11-32(31)12-10-27/h1-2,5-8,15-16,18H,3-4,9-14H2,(H,26,30)(H,28,29). The van der Waals surface area contributed by atoms with E-state index in [1.807, 2.05) is 35.3 Å². The number of carboxylic acid groups (broad SMARTS) is 1. The number of benzene rings is 2. The lowest BCUT2D eigenvalue weighted by Crippen LogP contribution is -2.34. The molecule has 2 aromatic carbocycles. The molecule has 2 N–H and O–H groups in total. The minimum atomic E-state index is -0.760. The number of hydrazone groups is 1. The van der Waals surface area contributed by atoms with Crippen molar-refractivity contribution in [3.8, 4) is 0 Å². The predicted octanol–water partition coefficient (Wildman–Crippen LogP) is 2.92. The largest absolute Gasteiger partial charge is 0.481 e. The third-order valence-electron chi connectivity index (χ3n) is 5.96. The van der Waals surface area contributed by atoms with Crippen LogP contribution in [-0.2, 0) is 28.4 Å². The maximum Gasteiger partial charge on any atom is 0.303 e. The Labute approximate surface area is 190 Å². The van der Waals surface area contributed by atoms with Crippen LogP contribution in [0, 0.1) is 5.92 Å². The molecule has 0 bridgehead atoms. The average molecular weight is 454 g/mol. The summed E-state index contributed by atoms with van der Waals surface area (Å²) in [7, 11) is -0.723. The molecule has 4 rings (SSSR count). The first-order valence-corrected chi connectivity index (χ1v) is 12.3. The maximum absolute atomic E-state index is 12.7. The molecule has 0 aromatic heterocycles. The Morgan fingerprint density at radius 1 is 1.12 bits per heavy atom. The van der Waals surface area contributed by atoms with Gasteiger partial charge in [-0.3, -0.25) is 18.8 Å². The SMILES string of the molecule is O=C(O)CC1CCc2ccc(NC(=O)c3ccc(C=NN4CCS(=O)CC4)cc3)cc2C1. The van der Waals surface area contributed by atoms with Gasteiger partial charge in [0, 0.05) is 53.1 Å². The molecular formula is C24H27N3O4S. The van der Waals surface area contributed by atoms with Crippen molar-refractivity contribution in [1.29, 1.82) is 0 Å². The van der Waals surface area contributed by atoms with E-state index in [1.54, 1.807) is 18.3 Å². The number of hydrogen-bond acceptors (Lipinski definition) is 5. The molecule has 0 spiro atoms. The molecule has 8 heteroatoms. The van der Waals surface area contributed by atoms with Gasteiger partial charge >= 0.3 is 5.97 Å². The van der Waals surface area contributed by atoms with Crippen molar-refractivity contribution in [3.63, 3.8) is 0 Å². The van der Waals surface area contributed by atoms with Crippen LogP contribution < -0.4 is 5.32 Å². The Morgan fingerprint density at radius 3 is 2.59 bits per heavy atom. The number of fused-ring (bicyclic) bond motifs is 1. The Kier molecular flexibility index (Phi) is 6.99. The maximum atomic E-state index is 12.7. The first kappa shape index (κ1) is 22.2. The number of carboxylic acids is 1. The third kappa shape index (κ3) is 5.82. The normalized spacial score (nSPS) is 19.0. The van der Waals surface area contributed by atoms with Crippen LogP contribution in [0.4, 0.5) is 5.69 Å². The van der Waals surface area contributed by atoms with Gasteiger partial charge in [-0.25, -0.2) is 0 Å². The van der Waals surface area contributed by atoms with Crippen LogP contribution in [0.3, 0.4) is 0 Å². The van der Waals surface area contributed by atoms with Gasteiger partial charge in [0.05, 0.1) is 6.21 Å². The zero-order valence-corrected chi connectivity index (χ0v) is 18.6. The van der Waals surface area contributed by atoms with Gasteiger partial charge in [-0.15, -0.1) is 0 Å². The van der Waals surface area contributed by atoms with Gasteiger partial charge < -0.3 is 10.4 Å². The molecule has 1 unspecified atom stereocenters. The van der Waals surface area contributed by atoms with Gasteiger partial charge in [-0.2, -0.15) is 5.10 Å². The third-order valence-corrected chi connectivity index (χ3v) is 7.23. The second-order valence-electron chi connectivity index (χ2n) is 8.31. The Balaban J connectivity index is 1.36. The van der Waals surface area contributed by atoms with Crippen LogP contribution in [0.25, 0.3) is 0 Å². The Bertz CT molecular complexity index is 1040. The van der Waals surface area contributed by atoms with Crippen LogP contribution in [0.5, 0.6) is 0 Å². The van der Waals surface area contributed by atoms with E-state index in [1.165, 1.54) is 5.56 Å². The van der Waals surface area contributed by atoms with Gasteiger partial charge in [-0.1, -0.05) is 18.2 Å². The smallest absolute Gasteiger partial charge is 0.303 e. The van der Waals surface area contributed by atoms with Crippen LogP contribution in [-0.4, -0.2) is 57.0 Å². The van der Waals surface area contributed by atoms with Crippen molar-refractivity contribution >= 4 is 34.6 Å². The van der Waals surface area contributed by atoms with E-state index in [0.29, 0.717) is 30.2 Å². The molecule has 1 atom stereocenters. The van der Waals surface area contributed by atoms with E-state index in [0.717, 1.165) is 36.1 Å². The first-order chi connectivity index (χ1) is 15.5. The number of hydrogen-bond donors (Lipinski definition) is 2. The average Bonchev–Trinajstić information content (AvgIpc) is 2.78. The fourth-order valence-corrected chi connectivity index (χ4v) is 5.18. The minimum Gasteiger partial charge on any atom is -0.481 e. The number of nitrogens with zero attached hydrogens (tertiary/aromatic N) is 2.